The molecular formula is C52H90N16O14S. The number of rotatable bonds is 45. The molecule has 468 valence electrons. The zero-order chi connectivity index (χ0) is 63.5. The maximum absolute atomic E-state index is 13.8. The first-order valence-corrected chi connectivity index (χ1v) is 29.1. The van der Waals surface area contributed by atoms with E-state index < -0.39 is 145 Å². The average molecular weight is 1200 g/mol. The van der Waals surface area contributed by atoms with E-state index in [0.717, 1.165) is 0 Å². The minimum absolute atomic E-state index is 0.0573. The second-order valence-corrected chi connectivity index (χ2v) is 21.9. The molecule has 1 aromatic heterocycles. The number of aliphatic carboxylic acids is 1. The van der Waals surface area contributed by atoms with Crippen LogP contribution in [0.4, 0.5) is 0 Å². The summed E-state index contributed by atoms with van der Waals surface area (Å²) in [7, 11) is 0. The summed E-state index contributed by atoms with van der Waals surface area (Å²) in [6.45, 7) is 10.6. The van der Waals surface area contributed by atoms with Gasteiger partial charge in [0.2, 0.25) is 47.3 Å². The van der Waals surface area contributed by atoms with Gasteiger partial charge < -0.3 is 84.1 Å². The molecule has 0 aliphatic carbocycles. The first kappa shape index (κ1) is 71.9. The van der Waals surface area contributed by atoms with Crippen molar-refractivity contribution >= 4 is 89.4 Å². The third-order valence-corrected chi connectivity index (χ3v) is 13.1. The molecule has 0 aliphatic heterocycles. The molecule has 0 radical (unpaired) electrons. The number of nitrogens with zero attached hydrogens (tertiary/aromatic N) is 1. The summed E-state index contributed by atoms with van der Waals surface area (Å²) in [5.74, 6) is -8.49. The monoisotopic (exact) mass is 1200 g/mol. The topological polar surface area (TPSA) is 482 Å². The number of hydrazine groups is 1. The van der Waals surface area contributed by atoms with Crippen LogP contribution in [0.2, 0.25) is 0 Å². The van der Waals surface area contributed by atoms with Crippen LogP contribution in [-0.4, -0.2) is 183 Å². The van der Waals surface area contributed by atoms with Crippen molar-refractivity contribution in [3.63, 3.8) is 0 Å². The number of guanidine groups is 1. The molecule has 19 N–H and O–H groups in total. The fourth-order valence-electron chi connectivity index (χ4n) is 8.09. The summed E-state index contributed by atoms with van der Waals surface area (Å²) in [4.78, 5) is 161. The number of carbonyl (C=O) groups is 12. The van der Waals surface area contributed by atoms with E-state index >= 15 is 0 Å². The van der Waals surface area contributed by atoms with Gasteiger partial charge in [0, 0.05) is 37.7 Å². The van der Waals surface area contributed by atoms with Crippen molar-refractivity contribution < 1.29 is 69.1 Å². The molecule has 1 heterocycles. The summed E-state index contributed by atoms with van der Waals surface area (Å²) in [6, 6.07) is -11.2. The van der Waals surface area contributed by atoms with Gasteiger partial charge in [-0.1, -0.05) is 40.5 Å². The predicted octanol–water partition coefficient (Wildman–Crippen LogP) is -3.11. The van der Waals surface area contributed by atoms with Crippen molar-refractivity contribution in [2.45, 2.75) is 192 Å². The maximum atomic E-state index is 13.8. The lowest BCUT2D eigenvalue weighted by molar-refractivity contribution is -0.139. The molecular weight excluding hydrogens is 1100 g/mol. The third kappa shape index (κ3) is 32.3. The first-order valence-electron chi connectivity index (χ1n) is 28.2. The number of imidazole rings is 1. The van der Waals surface area contributed by atoms with Crippen LogP contribution in [0.1, 0.15) is 132 Å². The number of aliphatic hydroxyl groups is 1. The molecule has 5 unspecified atom stereocenters. The van der Waals surface area contributed by atoms with Gasteiger partial charge in [-0.05, 0) is 95.6 Å². The Morgan fingerprint density at radius 1 is 0.687 bits per heavy atom. The fourth-order valence-corrected chi connectivity index (χ4v) is 8.56. The number of H-pyrrole nitrogens is 1. The number of hydrogen-bond donors (Lipinski definition) is 17. The molecule has 0 fully saturated rings. The highest BCUT2D eigenvalue weighted by Crippen LogP contribution is 2.12. The van der Waals surface area contributed by atoms with Crippen LogP contribution in [0.3, 0.4) is 0 Å². The Kier molecular flexibility index (Phi) is 35.4. The number of nitrogens with two attached hydrogens (primary N) is 2. The summed E-state index contributed by atoms with van der Waals surface area (Å²) in [6.07, 6.45) is 3.40. The van der Waals surface area contributed by atoms with Gasteiger partial charge in [-0.3, -0.25) is 58.8 Å². The van der Waals surface area contributed by atoms with Gasteiger partial charge in [0.05, 0.1) is 37.0 Å². The van der Waals surface area contributed by atoms with E-state index in [1.807, 2.05) is 27.7 Å². The molecule has 1 rings (SSSR count). The lowest BCUT2D eigenvalue weighted by atomic mass is 10.0. The summed E-state index contributed by atoms with van der Waals surface area (Å²) < 4.78 is 7.62. The minimum Gasteiger partial charge on any atom is -0.481 e. The molecule has 9 amide bonds. The molecule has 0 aromatic carbocycles. The number of carboxylic acid groups (broad SMARTS) is 1. The molecule has 10 atom stereocenters. The van der Waals surface area contributed by atoms with Crippen LogP contribution in [0.5, 0.6) is 0 Å². The number of unbranched alkanes of at least 4 members (excludes halogenated alkanes) is 3. The van der Waals surface area contributed by atoms with Gasteiger partial charge >= 0.3 is 5.97 Å². The van der Waals surface area contributed by atoms with Crippen LogP contribution in [0, 0.1) is 17.2 Å². The number of thioether (sulfide) groups is 1. The zero-order valence-electron chi connectivity index (χ0n) is 49.5. The quantitative estimate of drug-likeness (QED) is 0.0101. The van der Waals surface area contributed by atoms with Crippen molar-refractivity contribution in [3.8, 4) is 0 Å². The van der Waals surface area contributed by atoms with Crippen LogP contribution < -0.4 is 70.2 Å². The van der Waals surface area contributed by atoms with Crippen molar-refractivity contribution in [2.24, 2.45) is 23.3 Å². The highest BCUT2D eigenvalue weighted by atomic mass is 32.2. The number of hydrogen-bond acceptors (Lipinski definition) is 18. The van der Waals surface area contributed by atoms with Crippen molar-refractivity contribution in [1.82, 2.24) is 68.7 Å². The summed E-state index contributed by atoms with van der Waals surface area (Å²) >= 11 is 1.39. The highest BCUT2D eigenvalue weighted by Gasteiger charge is 2.34. The number of carbonyl (C=O) groups excluding carboxylic acids is 11. The second-order valence-electron chi connectivity index (χ2n) is 20.9. The van der Waals surface area contributed by atoms with Crippen molar-refractivity contribution in [1.29, 1.82) is 5.41 Å². The van der Waals surface area contributed by atoms with E-state index in [9.17, 15) is 67.7 Å². The van der Waals surface area contributed by atoms with Gasteiger partial charge in [0.15, 0.2) is 5.96 Å². The maximum Gasteiger partial charge on any atom is 0.303 e. The number of aldehydes is 2. The molecule has 1 aromatic rings. The summed E-state index contributed by atoms with van der Waals surface area (Å²) in [5, 5.41) is 50.7. The van der Waals surface area contributed by atoms with Gasteiger partial charge in [0.25, 0.3) is 5.91 Å². The van der Waals surface area contributed by atoms with Crippen molar-refractivity contribution in [2.75, 3.05) is 25.1 Å². The largest absolute Gasteiger partial charge is 0.481 e. The Hall–Kier alpha value is -7.25. The number of carboxylic acids is 1. The Bertz CT molecular complexity index is 2320. The summed E-state index contributed by atoms with van der Waals surface area (Å²) in [5.41, 5.74) is 16.6. The van der Waals surface area contributed by atoms with Crippen LogP contribution in [0.25, 0.3) is 0 Å². The van der Waals surface area contributed by atoms with Gasteiger partial charge in [-0.15, -0.1) is 0 Å². The molecule has 31 heteroatoms. The minimum atomic E-state index is -1.60. The van der Waals surface area contributed by atoms with E-state index in [-0.39, 0.29) is 62.9 Å². The average Bonchev–Trinajstić information content (AvgIpc) is 3.95. The first-order chi connectivity index (χ1) is 39.6. The molecule has 0 bridgehead atoms. The van der Waals surface area contributed by atoms with E-state index in [0.29, 0.717) is 56.4 Å². The lowest BCUT2D eigenvalue weighted by Crippen LogP contribution is -2.60. The second kappa shape index (κ2) is 40.9. The zero-order valence-corrected chi connectivity index (χ0v) is 49.3. The van der Waals surface area contributed by atoms with Gasteiger partial charge in [0.1, 0.15) is 50.2 Å². The smallest absolute Gasteiger partial charge is 0.303 e. The normalized spacial score (nSPS) is 14.9. The number of primary amides is 1. The molecule has 0 saturated heterocycles. The van der Waals surface area contributed by atoms with Crippen molar-refractivity contribution in [3.05, 3.63) is 18.2 Å². The Morgan fingerprint density at radius 3 is 1.81 bits per heavy atom. The van der Waals surface area contributed by atoms with Crippen LogP contribution in [0.15, 0.2) is 12.5 Å². The van der Waals surface area contributed by atoms with E-state index in [2.05, 4.69) is 68.7 Å². The predicted molar refractivity (Wildman–Crippen MR) is 307 cm³/mol. The SMILES string of the molecule is [2H]C(=O)C(Cc1cnc[nH]1)NC(=O)[C@H](CC(N)=O)NC(=O)C(CC(C)C)NNC(=O)C(CC(C)C)NCCCCCCC(=O)N[C@H](C(=O)NC(CCC(=O)O)C(=O)N[C@@H](CCCNC(=N)N)C(=O)NC(CCSC)C(=O)N[C@@H](C)C=O)[C@@H](C)O. The van der Waals surface area contributed by atoms with Gasteiger partial charge in [-0.2, -0.15) is 11.8 Å². The number of nitrogens with one attached hydrogen (secondary N) is 13. The van der Waals surface area contributed by atoms with Crippen LogP contribution in [-0.2, 0) is 64.0 Å². The number of aliphatic hydroxyl groups excluding tert-OH is 1. The third-order valence-electron chi connectivity index (χ3n) is 12.4. The number of aromatic nitrogens is 2. The molecule has 0 spiro atoms. The Morgan fingerprint density at radius 2 is 1.25 bits per heavy atom. The standard InChI is InChI=1S/C52H90N16O14S/c1-29(2)21-38(50(81)68-67-40(22-30(3)4)49(80)65-39(24-41(53)72)48(79)61-34(27-70)23-33-25-56-28-59-33)57-18-11-9-8-10-14-42(73)66-44(32(6)71)51(82)64-36(15-16-43(74)75)47(78)62-35(13-12-19-58-52(54)55)46(77)63-37(17-20-83-7)45(76)60-31(5)26-69/h25-32,34-40,44,57,67,71H,8-24H2,1-7H3,(H2,53,72)(H,56,59)(H,60,76)(H,61,79)(H,62,78)(H,63,77)(H,64,82)(H,65,80)(H,66,73)(H,68,81)(H,74,75)(H4,54,55,58)/t31-,32+,34?,35-,36?,37?,38?,39-,40?,44-/m0/s1/i27D. The highest BCUT2D eigenvalue weighted by molar-refractivity contribution is 7.98. The van der Waals surface area contributed by atoms with Crippen LogP contribution >= 0.6 is 11.8 Å². The van der Waals surface area contributed by atoms with E-state index in [1.54, 1.807) is 6.26 Å². The Balaban J connectivity index is 2.97. The number of aromatic amines is 1. The fraction of sp³-hybridized carbons (Fsp3) is 0.692. The van der Waals surface area contributed by atoms with E-state index in [4.69, 9.17) is 18.2 Å². The molecule has 0 aliphatic rings. The molecule has 0 saturated carbocycles. The lowest BCUT2D eigenvalue weighted by Gasteiger charge is -2.27. The van der Waals surface area contributed by atoms with Gasteiger partial charge in [-0.25, -0.2) is 10.4 Å². The molecule has 83 heavy (non-hydrogen) atoms. The Labute approximate surface area is 489 Å². The number of amides is 9. The van der Waals surface area contributed by atoms with E-state index in [1.165, 1.54) is 38.1 Å². The molecule has 30 nitrogen and oxygen atoms in total.